The fourth-order valence-corrected chi connectivity index (χ4v) is 2.09. The Hall–Kier alpha value is -2.14. The van der Waals surface area contributed by atoms with Crippen molar-refractivity contribution in [2.45, 2.75) is 13.5 Å². The maximum absolute atomic E-state index is 9.10. The number of ether oxygens (including phenoxy) is 2. The molecule has 5 heteroatoms. The highest BCUT2D eigenvalue weighted by molar-refractivity contribution is 5.68. The monoisotopic (exact) mass is 258 g/mol. The molecule has 0 unspecified atom stereocenters. The number of aryl methyl sites for hydroxylation is 1. The van der Waals surface area contributed by atoms with Crippen molar-refractivity contribution in [2.24, 2.45) is 0 Å². The van der Waals surface area contributed by atoms with Gasteiger partial charge in [0.15, 0.2) is 17.3 Å². The summed E-state index contributed by atoms with van der Waals surface area (Å²) in [7, 11) is 0. The van der Waals surface area contributed by atoms with Crippen LogP contribution < -0.4 is 9.47 Å². The topological polar surface area (TPSA) is 64.5 Å². The Kier molecular flexibility index (Phi) is 3.05. The number of rotatable bonds is 2. The highest BCUT2D eigenvalue weighted by Crippen LogP contribution is 2.36. The third kappa shape index (κ3) is 2.24. The molecule has 0 aliphatic carbocycles. The first-order valence-corrected chi connectivity index (χ1v) is 6.11. The van der Waals surface area contributed by atoms with Gasteiger partial charge in [0.2, 0.25) is 0 Å². The van der Waals surface area contributed by atoms with E-state index >= 15 is 0 Å². The Bertz CT molecular complexity index is 614. The summed E-state index contributed by atoms with van der Waals surface area (Å²) in [5, 5.41) is 9.10. The van der Waals surface area contributed by atoms with Crippen LogP contribution in [0.3, 0.4) is 0 Å². The molecule has 0 radical (unpaired) electrons. The smallest absolute Gasteiger partial charge is 0.162 e. The summed E-state index contributed by atoms with van der Waals surface area (Å²) in [4.78, 5) is 8.30. The molecule has 3 rings (SSSR count). The van der Waals surface area contributed by atoms with Gasteiger partial charge in [-0.25, -0.2) is 9.97 Å². The van der Waals surface area contributed by atoms with Gasteiger partial charge in [0, 0.05) is 11.8 Å². The first-order valence-electron chi connectivity index (χ1n) is 6.11. The van der Waals surface area contributed by atoms with Crippen LogP contribution in [0.15, 0.2) is 24.4 Å². The molecule has 0 bridgehead atoms. The van der Waals surface area contributed by atoms with Crippen molar-refractivity contribution in [3.8, 4) is 22.8 Å². The highest BCUT2D eigenvalue weighted by atomic mass is 16.6. The van der Waals surface area contributed by atoms with E-state index in [-0.39, 0.29) is 6.61 Å². The maximum Gasteiger partial charge on any atom is 0.162 e. The second-order valence-corrected chi connectivity index (χ2v) is 4.33. The normalized spacial score (nSPS) is 13.4. The van der Waals surface area contributed by atoms with E-state index in [4.69, 9.17) is 14.6 Å². The van der Waals surface area contributed by atoms with Crippen LogP contribution in [-0.4, -0.2) is 28.3 Å². The van der Waals surface area contributed by atoms with Gasteiger partial charge >= 0.3 is 0 Å². The molecule has 5 nitrogen and oxygen atoms in total. The van der Waals surface area contributed by atoms with Gasteiger partial charge in [-0.15, -0.1) is 0 Å². The van der Waals surface area contributed by atoms with Crippen LogP contribution in [0.5, 0.6) is 11.5 Å². The summed E-state index contributed by atoms with van der Waals surface area (Å²) in [6.07, 6.45) is 1.64. The van der Waals surface area contributed by atoms with Crippen LogP contribution in [0.4, 0.5) is 0 Å². The molecule has 1 aromatic heterocycles. The number of fused-ring (bicyclic) bond motifs is 1. The van der Waals surface area contributed by atoms with Gasteiger partial charge in [0.05, 0.1) is 5.69 Å². The van der Waals surface area contributed by atoms with Crippen molar-refractivity contribution in [3.05, 3.63) is 35.8 Å². The van der Waals surface area contributed by atoms with E-state index in [0.717, 1.165) is 28.3 Å². The molecular formula is C14H14N2O3. The summed E-state index contributed by atoms with van der Waals surface area (Å²) >= 11 is 0. The summed E-state index contributed by atoms with van der Waals surface area (Å²) in [6.45, 7) is 2.96. The SMILES string of the molecule is Cc1cc2c(cc1-c1ccnc(CO)n1)OCCO2. The van der Waals surface area contributed by atoms with Gasteiger partial charge in [-0.2, -0.15) is 0 Å². The molecule has 0 amide bonds. The van der Waals surface area contributed by atoms with Crippen LogP contribution in [0.2, 0.25) is 0 Å². The second kappa shape index (κ2) is 4.85. The number of hydrogen-bond acceptors (Lipinski definition) is 5. The Morgan fingerprint density at radius 3 is 2.68 bits per heavy atom. The lowest BCUT2D eigenvalue weighted by molar-refractivity contribution is 0.171. The molecule has 1 aliphatic heterocycles. The van der Waals surface area contributed by atoms with Crippen molar-refractivity contribution < 1.29 is 14.6 Å². The van der Waals surface area contributed by atoms with Gasteiger partial charge in [-0.1, -0.05) is 0 Å². The van der Waals surface area contributed by atoms with Crippen LogP contribution in [0.25, 0.3) is 11.3 Å². The number of aromatic nitrogens is 2. The average molecular weight is 258 g/mol. The zero-order chi connectivity index (χ0) is 13.2. The quantitative estimate of drug-likeness (QED) is 0.888. The van der Waals surface area contributed by atoms with Crippen LogP contribution in [0.1, 0.15) is 11.4 Å². The lowest BCUT2D eigenvalue weighted by Crippen LogP contribution is -2.15. The van der Waals surface area contributed by atoms with Gasteiger partial charge in [-0.3, -0.25) is 0 Å². The first kappa shape index (κ1) is 11.9. The zero-order valence-electron chi connectivity index (χ0n) is 10.6. The molecule has 1 N–H and O–H groups in total. The Labute approximate surface area is 110 Å². The van der Waals surface area contributed by atoms with E-state index in [1.807, 2.05) is 25.1 Å². The minimum absolute atomic E-state index is 0.169. The summed E-state index contributed by atoms with van der Waals surface area (Å²) in [6, 6.07) is 5.69. The summed E-state index contributed by atoms with van der Waals surface area (Å²) < 4.78 is 11.1. The number of hydrogen-bond donors (Lipinski definition) is 1. The lowest BCUT2D eigenvalue weighted by Gasteiger charge is -2.20. The van der Waals surface area contributed by atoms with E-state index in [1.165, 1.54) is 0 Å². The summed E-state index contributed by atoms with van der Waals surface area (Å²) in [5.74, 6) is 1.91. The van der Waals surface area contributed by atoms with Gasteiger partial charge in [-0.05, 0) is 30.7 Å². The molecule has 0 spiro atoms. The van der Waals surface area contributed by atoms with E-state index < -0.39 is 0 Å². The lowest BCUT2D eigenvalue weighted by atomic mass is 10.0. The third-order valence-electron chi connectivity index (χ3n) is 3.01. The fourth-order valence-electron chi connectivity index (χ4n) is 2.09. The molecule has 0 saturated carbocycles. The highest BCUT2D eigenvalue weighted by Gasteiger charge is 2.15. The largest absolute Gasteiger partial charge is 0.486 e. The minimum Gasteiger partial charge on any atom is -0.486 e. The van der Waals surface area contributed by atoms with Crippen molar-refractivity contribution in [1.29, 1.82) is 0 Å². The molecule has 98 valence electrons. The second-order valence-electron chi connectivity index (χ2n) is 4.33. The Morgan fingerprint density at radius 1 is 1.21 bits per heavy atom. The van der Waals surface area contributed by atoms with Crippen molar-refractivity contribution in [3.63, 3.8) is 0 Å². The average Bonchev–Trinajstić information content (AvgIpc) is 2.46. The maximum atomic E-state index is 9.10. The Balaban J connectivity index is 2.08. The van der Waals surface area contributed by atoms with E-state index in [1.54, 1.807) is 6.20 Å². The fraction of sp³-hybridized carbons (Fsp3) is 0.286. The number of benzene rings is 1. The van der Waals surface area contributed by atoms with Crippen LogP contribution in [0, 0.1) is 6.92 Å². The number of nitrogens with zero attached hydrogens (tertiary/aromatic N) is 2. The standard InChI is InChI=1S/C14H14N2O3/c1-9-6-12-13(19-5-4-18-12)7-10(9)11-2-3-15-14(8-17)16-11/h2-3,6-7,17H,4-5,8H2,1H3. The van der Waals surface area contributed by atoms with Crippen molar-refractivity contribution >= 4 is 0 Å². The first-order chi connectivity index (χ1) is 9.28. The van der Waals surface area contributed by atoms with E-state index in [0.29, 0.717) is 19.0 Å². The molecule has 2 aromatic rings. The van der Waals surface area contributed by atoms with E-state index in [2.05, 4.69) is 9.97 Å². The molecular weight excluding hydrogens is 244 g/mol. The summed E-state index contributed by atoms with van der Waals surface area (Å²) in [5.41, 5.74) is 2.78. The predicted octanol–water partition coefficient (Wildman–Crippen LogP) is 1.72. The van der Waals surface area contributed by atoms with Crippen molar-refractivity contribution in [1.82, 2.24) is 9.97 Å². The molecule has 0 atom stereocenters. The van der Waals surface area contributed by atoms with Gasteiger partial charge in [0.1, 0.15) is 19.8 Å². The van der Waals surface area contributed by atoms with Gasteiger partial charge in [0.25, 0.3) is 0 Å². The van der Waals surface area contributed by atoms with Crippen LogP contribution >= 0.6 is 0 Å². The molecule has 0 saturated heterocycles. The van der Waals surface area contributed by atoms with Crippen molar-refractivity contribution in [2.75, 3.05) is 13.2 Å². The number of aliphatic hydroxyl groups excluding tert-OH is 1. The molecule has 19 heavy (non-hydrogen) atoms. The van der Waals surface area contributed by atoms with Crippen LogP contribution in [-0.2, 0) is 6.61 Å². The number of aliphatic hydroxyl groups is 1. The molecule has 0 fully saturated rings. The molecule has 1 aliphatic rings. The Morgan fingerprint density at radius 2 is 1.95 bits per heavy atom. The zero-order valence-corrected chi connectivity index (χ0v) is 10.6. The third-order valence-corrected chi connectivity index (χ3v) is 3.01. The van der Waals surface area contributed by atoms with Gasteiger partial charge < -0.3 is 14.6 Å². The molecule has 2 heterocycles. The molecule has 1 aromatic carbocycles. The minimum atomic E-state index is -0.169. The van der Waals surface area contributed by atoms with E-state index in [9.17, 15) is 0 Å². The predicted molar refractivity (Wildman–Crippen MR) is 69.1 cm³/mol.